The maximum Gasteiger partial charge on any atom is 0.242 e. The molecule has 1 aromatic heterocycles. The molecule has 0 fully saturated rings. The van der Waals surface area contributed by atoms with Gasteiger partial charge in [0.25, 0.3) is 0 Å². The van der Waals surface area contributed by atoms with Crippen molar-refractivity contribution in [3.63, 3.8) is 0 Å². The molecule has 0 aliphatic heterocycles. The van der Waals surface area contributed by atoms with Gasteiger partial charge in [0.05, 0.1) is 10.8 Å². The van der Waals surface area contributed by atoms with Crippen molar-refractivity contribution in [2.24, 2.45) is 0 Å². The highest BCUT2D eigenvalue weighted by atomic mass is 35.5. The number of rotatable bonds is 3. The van der Waals surface area contributed by atoms with E-state index in [0.29, 0.717) is 11.3 Å². The van der Waals surface area contributed by atoms with Crippen molar-refractivity contribution >= 4 is 32.6 Å². The number of fused-ring (bicyclic) bond motifs is 1. The van der Waals surface area contributed by atoms with Crippen LogP contribution in [0.5, 0.6) is 0 Å². The second-order valence-electron chi connectivity index (χ2n) is 3.83. The zero-order chi connectivity index (χ0) is 12.6. The minimum absolute atomic E-state index is 0.247. The van der Waals surface area contributed by atoms with E-state index >= 15 is 0 Å². The molecule has 0 bridgehead atoms. The number of nitrogens with zero attached hydrogens (tertiary/aromatic N) is 1. The van der Waals surface area contributed by atoms with Crippen LogP contribution in [0.3, 0.4) is 0 Å². The number of hydrogen-bond acceptors (Lipinski definition) is 3. The zero-order valence-electron chi connectivity index (χ0n) is 9.47. The van der Waals surface area contributed by atoms with Crippen LogP contribution in [0.15, 0.2) is 33.6 Å². The Bertz CT molecular complexity index is 646. The minimum atomic E-state index is -3.41. The van der Waals surface area contributed by atoms with Gasteiger partial charge in [-0.15, -0.1) is 11.6 Å². The maximum absolute atomic E-state index is 11.9. The van der Waals surface area contributed by atoms with E-state index < -0.39 is 10.0 Å². The van der Waals surface area contributed by atoms with Crippen LogP contribution in [-0.4, -0.2) is 26.8 Å². The van der Waals surface area contributed by atoms with Gasteiger partial charge in [-0.2, -0.15) is 0 Å². The van der Waals surface area contributed by atoms with E-state index in [9.17, 15) is 8.42 Å². The van der Waals surface area contributed by atoms with Crippen molar-refractivity contribution in [1.82, 2.24) is 4.31 Å². The maximum atomic E-state index is 11.9. The van der Waals surface area contributed by atoms with Crippen molar-refractivity contribution in [3.05, 3.63) is 30.0 Å². The van der Waals surface area contributed by atoms with Crippen LogP contribution in [-0.2, 0) is 15.9 Å². The first kappa shape index (κ1) is 12.4. The lowest BCUT2D eigenvalue weighted by atomic mass is 10.2. The molecular weight excluding hydrogens is 262 g/mol. The van der Waals surface area contributed by atoms with Gasteiger partial charge in [0.1, 0.15) is 11.3 Å². The molecule has 4 nitrogen and oxygen atoms in total. The summed E-state index contributed by atoms with van der Waals surface area (Å²) >= 11 is 5.66. The molecule has 2 rings (SSSR count). The highest BCUT2D eigenvalue weighted by molar-refractivity contribution is 7.89. The number of benzene rings is 1. The van der Waals surface area contributed by atoms with Gasteiger partial charge < -0.3 is 4.42 Å². The Labute approximate surface area is 105 Å². The number of sulfonamides is 1. The van der Waals surface area contributed by atoms with E-state index in [1.807, 2.05) is 0 Å². The standard InChI is InChI=1S/C11H12ClNO3S/c1-13(2)17(14,15)10-3-4-11-8(6-10)5-9(7-12)16-11/h3-6H,7H2,1-2H3. The predicted molar refractivity (Wildman–Crippen MR) is 66.6 cm³/mol. The Balaban J connectivity index is 2.59. The van der Waals surface area contributed by atoms with Crippen LogP contribution >= 0.6 is 11.6 Å². The quantitative estimate of drug-likeness (QED) is 0.807. The summed E-state index contributed by atoms with van der Waals surface area (Å²) < 4.78 is 30.4. The van der Waals surface area contributed by atoms with Gasteiger partial charge in [-0.3, -0.25) is 0 Å². The Morgan fingerprint density at radius 2 is 2.00 bits per heavy atom. The molecule has 0 N–H and O–H groups in total. The van der Waals surface area contributed by atoms with E-state index in [-0.39, 0.29) is 10.8 Å². The fourth-order valence-electron chi connectivity index (χ4n) is 1.51. The van der Waals surface area contributed by atoms with Crippen LogP contribution in [0.1, 0.15) is 5.76 Å². The number of hydrogen-bond donors (Lipinski definition) is 0. The molecule has 0 unspecified atom stereocenters. The van der Waals surface area contributed by atoms with Crippen molar-refractivity contribution in [2.75, 3.05) is 14.1 Å². The molecule has 1 aromatic carbocycles. The molecule has 0 aliphatic carbocycles. The Morgan fingerprint density at radius 1 is 1.29 bits per heavy atom. The van der Waals surface area contributed by atoms with E-state index in [2.05, 4.69) is 0 Å². The van der Waals surface area contributed by atoms with E-state index in [4.69, 9.17) is 16.0 Å². The Kier molecular flexibility index (Phi) is 3.16. The lowest BCUT2D eigenvalue weighted by molar-refractivity contribution is 0.521. The van der Waals surface area contributed by atoms with Crippen molar-refractivity contribution in [1.29, 1.82) is 0 Å². The molecule has 92 valence electrons. The molecule has 1 heterocycles. The zero-order valence-corrected chi connectivity index (χ0v) is 11.0. The summed E-state index contributed by atoms with van der Waals surface area (Å²) in [6, 6.07) is 6.50. The third-order valence-electron chi connectivity index (χ3n) is 2.45. The summed E-state index contributed by atoms with van der Waals surface area (Å²) in [4.78, 5) is 0.247. The smallest absolute Gasteiger partial charge is 0.242 e. The van der Waals surface area contributed by atoms with Gasteiger partial charge >= 0.3 is 0 Å². The molecule has 0 radical (unpaired) electrons. The van der Waals surface area contributed by atoms with E-state index in [0.717, 1.165) is 5.39 Å². The van der Waals surface area contributed by atoms with Crippen molar-refractivity contribution < 1.29 is 12.8 Å². The molecule has 0 aliphatic rings. The highest BCUT2D eigenvalue weighted by Crippen LogP contribution is 2.24. The number of alkyl halides is 1. The number of halogens is 1. The second kappa shape index (κ2) is 4.33. The molecule has 6 heteroatoms. The summed E-state index contributed by atoms with van der Waals surface area (Å²) in [5.41, 5.74) is 0.637. The highest BCUT2D eigenvalue weighted by Gasteiger charge is 2.18. The number of furan rings is 1. The van der Waals surface area contributed by atoms with Gasteiger partial charge in [-0.05, 0) is 24.3 Å². The summed E-state index contributed by atoms with van der Waals surface area (Å²) in [7, 11) is -0.409. The van der Waals surface area contributed by atoms with Crippen molar-refractivity contribution in [3.8, 4) is 0 Å². The molecular formula is C11H12ClNO3S. The summed E-state index contributed by atoms with van der Waals surface area (Å²) in [6.07, 6.45) is 0. The third-order valence-corrected chi connectivity index (χ3v) is 4.52. The molecule has 0 saturated carbocycles. The second-order valence-corrected chi connectivity index (χ2v) is 6.25. The summed E-state index contributed by atoms with van der Waals surface area (Å²) in [5.74, 6) is 0.894. The van der Waals surface area contributed by atoms with Crippen LogP contribution in [0.2, 0.25) is 0 Å². The SMILES string of the molecule is CN(C)S(=O)(=O)c1ccc2oc(CCl)cc2c1. The molecule has 0 amide bonds. The largest absolute Gasteiger partial charge is 0.460 e. The average Bonchev–Trinajstić information content (AvgIpc) is 2.70. The minimum Gasteiger partial charge on any atom is -0.460 e. The first-order chi connectivity index (χ1) is 7.95. The van der Waals surface area contributed by atoms with Crippen LogP contribution in [0.4, 0.5) is 0 Å². The normalized spacial score (nSPS) is 12.5. The average molecular weight is 274 g/mol. The molecule has 17 heavy (non-hydrogen) atoms. The van der Waals surface area contributed by atoms with Gasteiger partial charge in [-0.25, -0.2) is 12.7 Å². The summed E-state index contributed by atoms with van der Waals surface area (Å²) in [5, 5.41) is 0.739. The van der Waals surface area contributed by atoms with Crippen LogP contribution in [0, 0.1) is 0 Å². The van der Waals surface area contributed by atoms with Gasteiger partial charge in [0.15, 0.2) is 0 Å². The fourth-order valence-corrected chi connectivity index (χ4v) is 2.58. The lowest BCUT2D eigenvalue weighted by Crippen LogP contribution is -2.22. The van der Waals surface area contributed by atoms with Gasteiger partial charge in [-0.1, -0.05) is 0 Å². The summed E-state index contributed by atoms with van der Waals surface area (Å²) in [6.45, 7) is 0. The Hall–Kier alpha value is -1.04. The third kappa shape index (κ3) is 2.18. The van der Waals surface area contributed by atoms with E-state index in [1.54, 1.807) is 18.2 Å². The molecule has 0 saturated heterocycles. The Morgan fingerprint density at radius 3 is 2.59 bits per heavy atom. The monoisotopic (exact) mass is 273 g/mol. The first-order valence-corrected chi connectivity index (χ1v) is 6.93. The molecule has 0 spiro atoms. The van der Waals surface area contributed by atoms with Crippen molar-refractivity contribution in [2.45, 2.75) is 10.8 Å². The predicted octanol–water partition coefficient (Wildman–Crippen LogP) is 2.42. The topological polar surface area (TPSA) is 50.5 Å². The first-order valence-electron chi connectivity index (χ1n) is 4.96. The van der Waals surface area contributed by atoms with E-state index in [1.165, 1.54) is 24.5 Å². The molecule has 2 aromatic rings. The molecule has 0 atom stereocenters. The lowest BCUT2D eigenvalue weighted by Gasteiger charge is -2.10. The van der Waals surface area contributed by atoms with Gasteiger partial charge in [0, 0.05) is 19.5 Å². The van der Waals surface area contributed by atoms with Crippen LogP contribution < -0.4 is 0 Å². The van der Waals surface area contributed by atoms with Gasteiger partial charge in [0.2, 0.25) is 10.0 Å². The van der Waals surface area contributed by atoms with Crippen LogP contribution in [0.25, 0.3) is 11.0 Å². The fraction of sp³-hybridized carbons (Fsp3) is 0.273.